The number of hydrogen-bond donors (Lipinski definition) is 0. The largest absolute Gasteiger partial charge is 0.497 e. The van der Waals surface area contributed by atoms with Crippen molar-refractivity contribution in [2.45, 2.75) is 10.1 Å². The first-order valence-corrected chi connectivity index (χ1v) is 9.75. The van der Waals surface area contributed by atoms with Crippen LogP contribution in [0.25, 0.3) is 6.08 Å². The van der Waals surface area contributed by atoms with E-state index in [0.29, 0.717) is 26.9 Å². The molecule has 1 aromatic heterocycles. The molecule has 3 aromatic rings. The van der Waals surface area contributed by atoms with Gasteiger partial charge in [-0.1, -0.05) is 12.1 Å². The first-order chi connectivity index (χ1) is 15.0. The van der Waals surface area contributed by atoms with E-state index >= 15 is 0 Å². The molecule has 154 valence electrons. The van der Waals surface area contributed by atoms with Crippen molar-refractivity contribution in [3.8, 4) is 5.75 Å². The lowest BCUT2D eigenvalue weighted by molar-refractivity contribution is -0.387. The number of carbonyl (C=O) groups excluding carboxylic acids is 1. The monoisotopic (exact) mass is 434 g/mol. The van der Waals surface area contributed by atoms with E-state index in [1.807, 2.05) is 0 Å². The van der Waals surface area contributed by atoms with E-state index in [9.17, 15) is 14.9 Å². The van der Waals surface area contributed by atoms with Gasteiger partial charge < -0.3 is 9.47 Å². The Bertz CT molecular complexity index is 1230. The van der Waals surface area contributed by atoms with Crippen molar-refractivity contribution in [2.75, 3.05) is 7.11 Å². The molecule has 2 heterocycles. The van der Waals surface area contributed by atoms with Gasteiger partial charge in [-0.15, -0.1) is 0 Å². The predicted molar refractivity (Wildman–Crippen MR) is 113 cm³/mol. The average molecular weight is 434 g/mol. The maximum Gasteiger partial charge on any atom is 0.363 e. The van der Waals surface area contributed by atoms with E-state index in [4.69, 9.17) is 9.47 Å². The molecule has 0 spiro atoms. The van der Waals surface area contributed by atoms with E-state index in [1.165, 1.54) is 19.3 Å². The van der Waals surface area contributed by atoms with Crippen LogP contribution in [0, 0.1) is 10.1 Å². The van der Waals surface area contributed by atoms with Gasteiger partial charge in [-0.25, -0.2) is 19.8 Å². The number of benzene rings is 2. The van der Waals surface area contributed by atoms with Crippen LogP contribution in [-0.4, -0.2) is 33.9 Å². The van der Waals surface area contributed by atoms with E-state index < -0.39 is 10.9 Å². The molecule has 0 unspecified atom stereocenters. The van der Waals surface area contributed by atoms with Gasteiger partial charge in [0, 0.05) is 24.0 Å². The number of nitro benzene ring substituents is 1. The smallest absolute Gasteiger partial charge is 0.363 e. The highest BCUT2D eigenvalue weighted by atomic mass is 32.2. The lowest BCUT2D eigenvalue weighted by Crippen LogP contribution is -2.05. The third-order valence-electron chi connectivity index (χ3n) is 4.16. The lowest BCUT2D eigenvalue weighted by atomic mass is 10.1. The molecule has 1 aliphatic heterocycles. The molecule has 0 saturated heterocycles. The van der Waals surface area contributed by atoms with E-state index in [1.54, 1.807) is 54.9 Å². The quantitative estimate of drug-likeness (QED) is 0.189. The van der Waals surface area contributed by atoms with Crippen molar-refractivity contribution >= 4 is 35.4 Å². The molecule has 0 N–H and O–H groups in total. The van der Waals surface area contributed by atoms with E-state index in [2.05, 4.69) is 15.0 Å². The van der Waals surface area contributed by atoms with Crippen LogP contribution in [0.2, 0.25) is 0 Å². The maximum atomic E-state index is 12.3. The summed E-state index contributed by atoms with van der Waals surface area (Å²) in [7, 11) is 1.53. The van der Waals surface area contributed by atoms with Gasteiger partial charge in [0.15, 0.2) is 10.9 Å². The minimum absolute atomic E-state index is 0.0407. The Labute approximate surface area is 180 Å². The Morgan fingerprint density at radius 3 is 2.68 bits per heavy atom. The first-order valence-electron chi connectivity index (χ1n) is 8.94. The van der Waals surface area contributed by atoms with Crippen LogP contribution in [0.4, 0.5) is 5.69 Å². The molecule has 0 atom stereocenters. The van der Waals surface area contributed by atoms with Crippen LogP contribution in [0.1, 0.15) is 11.1 Å². The standard InChI is InChI=1S/C21H14N4O5S/c1-29-15-5-2-4-14(12-15)19-24-16(20(26)30-19)10-13-6-7-18(17(11-13)25(27)28)31-21-22-8-3-9-23-21/h2-12H,1H3/b16-10-. The summed E-state index contributed by atoms with van der Waals surface area (Å²) in [6.45, 7) is 0. The summed E-state index contributed by atoms with van der Waals surface area (Å²) in [5.74, 6) is 0.0921. The highest BCUT2D eigenvalue weighted by molar-refractivity contribution is 7.99. The molecule has 0 fully saturated rings. The van der Waals surface area contributed by atoms with Crippen molar-refractivity contribution < 1.29 is 19.2 Å². The second-order valence-electron chi connectivity index (χ2n) is 6.19. The van der Waals surface area contributed by atoms with Crippen LogP contribution in [0.5, 0.6) is 5.75 Å². The topological polar surface area (TPSA) is 117 Å². The van der Waals surface area contributed by atoms with Crippen molar-refractivity contribution in [3.05, 3.63) is 87.9 Å². The molecule has 31 heavy (non-hydrogen) atoms. The Kier molecular flexibility index (Phi) is 5.72. The third kappa shape index (κ3) is 4.59. The average Bonchev–Trinajstić information content (AvgIpc) is 3.15. The van der Waals surface area contributed by atoms with Gasteiger partial charge in [0.2, 0.25) is 5.90 Å². The molecule has 0 saturated carbocycles. The number of esters is 1. The highest BCUT2D eigenvalue weighted by Gasteiger charge is 2.25. The molecule has 0 aliphatic carbocycles. The summed E-state index contributed by atoms with van der Waals surface area (Å²) in [5, 5.41) is 12.0. The SMILES string of the molecule is COc1cccc(C2=N/C(=C\c3ccc(Sc4ncccn4)c([N+](=O)[O-])c3)C(=O)O2)c1. The molecule has 1 aliphatic rings. The highest BCUT2D eigenvalue weighted by Crippen LogP contribution is 2.34. The zero-order valence-corrected chi connectivity index (χ0v) is 16.9. The molecule has 9 nitrogen and oxygen atoms in total. The number of cyclic esters (lactones) is 1. The van der Waals surface area contributed by atoms with Crippen LogP contribution in [0.3, 0.4) is 0 Å². The number of carbonyl (C=O) groups is 1. The molecule has 0 radical (unpaired) electrons. The molecule has 4 rings (SSSR count). The number of aliphatic imine (C=N–C) groups is 1. The number of methoxy groups -OCH3 is 1. The second-order valence-corrected chi connectivity index (χ2v) is 7.19. The van der Waals surface area contributed by atoms with Crippen LogP contribution < -0.4 is 4.74 Å². The van der Waals surface area contributed by atoms with Crippen LogP contribution in [0.15, 0.2) is 81.7 Å². The molecule has 10 heteroatoms. The van der Waals surface area contributed by atoms with Crippen molar-refractivity contribution in [1.82, 2.24) is 9.97 Å². The number of nitro groups is 1. The van der Waals surface area contributed by atoms with Crippen LogP contribution in [-0.2, 0) is 9.53 Å². The Hall–Kier alpha value is -4.05. The minimum Gasteiger partial charge on any atom is -0.497 e. The summed E-state index contributed by atoms with van der Waals surface area (Å²) in [6.07, 6.45) is 4.56. The Balaban J connectivity index is 1.64. The van der Waals surface area contributed by atoms with Crippen molar-refractivity contribution in [3.63, 3.8) is 0 Å². The predicted octanol–water partition coefficient (Wildman–Crippen LogP) is 3.89. The normalized spacial score (nSPS) is 14.3. The molecule has 0 bridgehead atoms. The van der Waals surface area contributed by atoms with Gasteiger partial charge in [0.25, 0.3) is 5.69 Å². The summed E-state index contributed by atoms with van der Waals surface area (Å²) in [4.78, 5) is 36.1. The molecule has 0 amide bonds. The number of nitrogens with zero attached hydrogens (tertiary/aromatic N) is 4. The van der Waals surface area contributed by atoms with Crippen molar-refractivity contribution in [1.29, 1.82) is 0 Å². The van der Waals surface area contributed by atoms with Crippen molar-refractivity contribution in [2.24, 2.45) is 4.99 Å². The fourth-order valence-corrected chi connectivity index (χ4v) is 3.53. The molecular formula is C21H14N4O5S. The van der Waals surface area contributed by atoms with E-state index in [-0.39, 0.29) is 17.3 Å². The van der Waals surface area contributed by atoms with Gasteiger partial charge in [0.1, 0.15) is 5.75 Å². The third-order valence-corrected chi connectivity index (χ3v) is 5.12. The summed E-state index contributed by atoms with van der Waals surface area (Å²) in [5.41, 5.74) is 0.929. The number of aromatic nitrogens is 2. The van der Waals surface area contributed by atoms with Gasteiger partial charge in [-0.2, -0.15) is 0 Å². The molecular weight excluding hydrogens is 420 g/mol. The van der Waals surface area contributed by atoms with Gasteiger partial charge in [0.05, 0.1) is 16.9 Å². The molecule has 2 aromatic carbocycles. The number of rotatable bonds is 6. The maximum absolute atomic E-state index is 12.3. The number of hydrogen-bond acceptors (Lipinski definition) is 9. The van der Waals surface area contributed by atoms with Gasteiger partial charge in [-0.3, -0.25) is 10.1 Å². The zero-order chi connectivity index (χ0) is 21.8. The minimum atomic E-state index is -0.642. The van der Waals surface area contributed by atoms with Gasteiger partial charge >= 0.3 is 5.97 Å². The Morgan fingerprint density at radius 2 is 1.94 bits per heavy atom. The second kappa shape index (κ2) is 8.76. The fourth-order valence-electron chi connectivity index (χ4n) is 2.74. The number of ether oxygens (including phenoxy) is 2. The lowest BCUT2D eigenvalue weighted by Gasteiger charge is -2.03. The van der Waals surface area contributed by atoms with Crippen LogP contribution >= 0.6 is 11.8 Å². The van der Waals surface area contributed by atoms with Gasteiger partial charge in [-0.05, 0) is 53.7 Å². The van der Waals surface area contributed by atoms with E-state index in [0.717, 1.165) is 11.8 Å². The summed E-state index contributed by atoms with van der Waals surface area (Å²) in [6, 6.07) is 13.2. The fraction of sp³-hybridized carbons (Fsp3) is 0.0476. The summed E-state index contributed by atoms with van der Waals surface area (Å²) < 4.78 is 10.4. The zero-order valence-electron chi connectivity index (χ0n) is 16.1. The summed E-state index contributed by atoms with van der Waals surface area (Å²) >= 11 is 1.08. The first kappa shape index (κ1) is 20.2. The Morgan fingerprint density at radius 1 is 1.13 bits per heavy atom.